The summed E-state index contributed by atoms with van der Waals surface area (Å²) < 4.78 is 7.78. The van der Waals surface area contributed by atoms with Crippen molar-refractivity contribution in [3.8, 4) is 0 Å². The molecule has 0 fully saturated rings. The third-order valence-electron chi connectivity index (χ3n) is 6.94. The molecule has 0 radical (unpaired) electrons. The molecule has 1 aromatic heterocycles. The number of rotatable bonds is 6. The Kier molecular flexibility index (Phi) is 7.29. The second-order valence-electron chi connectivity index (χ2n) is 11.0. The van der Waals surface area contributed by atoms with Crippen LogP contribution < -0.4 is 4.90 Å². The van der Waals surface area contributed by atoms with Gasteiger partial charge >= 0.3 is 6.09 Å². The van der Waals surface area contributed by atoms with E-state index in [1.807, 2.05) is 92.4 Å². The summed E-state index contributed by atoms with van der Waals surface area (Å²) in [4.78, 5) is 30.7. The first-order chi connectivity index (χ1) is 18.7. The zero-order valence-corrected chi connectivity index (χ0v) is 23.1. The van der Waals surface area contributed by atoms with Crippen LogP contribution >= 0.6 is 0 Å². The highest BCUT2D eigenvalue weighted by molar-refractivity contribution is 6.22. The third-order valence-corrected chi connectivity index (χ3v) is 6.94. The van der Waals surface area contributed by atoms with Crippen LogP contribution in [0.4, 0.5) is 10.5 Å². The Morgan fingerprint density at radius 1 is 0.923 bits per heavy atom. The van der Waals surface area contributed by atoms with E-state index >= 15 is 0 Å². The minimum absolute atomic E-state index is 0.0459. The standard InChI is InChI=1S/C33H35N3O3/c1-33(2,3)39-32(38)36-21-19-28(27-15-9-11-17-30(27)36)31(37)35(22-24-12-6-5-7-13-24)20-18-25-23-34(4)29-16-10-8-14-26(25)29/h5-17,19,23H,18,20-22H2,1-4H3. The number of benzene rings is 3. The molecular formula is C33H35N3O3. The predicted molar refractivity (Wildman–Crippen MR) is 156 cm³/mol. The number of ether oxygens (including phenoxy) is 1. The van der Waals surface area contributed by atoms with Crippen molar-refractivity contribution in [1.29, 1.82) is 0 Å². The zero-order valence-electron chi connectivity index (χ0n) is 23.1. The molecule has 6 heteroatoms. The SMILES string of the molecule is Cn1cc(CCN(Cc2ccccc2)C(=O)C2=CCN(C(=O)OC(C)(C)C)c3ccccc32)c2ccccc21. The number of fused-ring (bicyclic) bond motifs is 2. The van der Waals surface area contributed by atoms with Crippen molar-refractivity contribution in [1.82, 2.24) is 9.47 Å². The van der Waals surface area contributed by atoms with Gasteiger partial charge in [-0.05, 0) is 50.5 Å². The molecule has 6 nitrogen and oxygen atoms in total. The van der Waals surface area contributed by atoms with E-state index in [-0.39, 0.29) is 12.5 Å². The number of hydrogen-bond acceptors (Lipinski definition) is 3. The molecule has 4 aromatic rings. The summed E-state index contributed by atoms with van der Waals surface area (Å²) in [5.74, 6) is -0.0459. The lowest BCUT2D eigenvalue weighted by molar-refractivity contribution is -0.125. The number of nitrogens with zero attached hydrogens (tertiary/aromatic N) is 3. The molecule has 2 amide bonds. The maximum Gasteiger partial charge on any atom is 0.415 e. The van der Waals surface area contributed by atoms with Crippen LogP contribution in [0.2, 0.25) is 0 Å². The number of hydrogen-bond donors (Lipinski definition) is 0. The molecule has 0 unspecified atom stereocenters. The Morgan fingerprint density at radius 2 is 1.62 bits per heavy atom. The predicted octanol–water partition coefficient (Wildman–Crippen LogP) is 6.59. The van der Waals surface area contributed by atoms with Crippen molar-refractivity contribution in [3.63, 3.8) is 0 Å². The second kappa shape index (κ2) is 10.8. The van der Waals surface area contributed by atoms with E-state index in [1.165, 1.54) is 16.5 Å². The van der Waals surface area contributed by atoms with Gasteiger partial charge < -0.3 is 14.2 Å². The summed E-state index contributed by atoms with van der Waals surface area (Å²) in [5.41, 5.74) is 4.89. The van der Waals surface area contributed by atoms with Gasteiger partial charge in [0.1, 0.15) is 5.60 Å². The fourth-order valence-corrected chi connectivity index (χ4v) is 5.13. The van der Waals surface area contributed by atoms with E-state index in [1.54, 1.807) is 4.90 Å². The number of carbonyl (C=O) groups excluding carboxylic acids is 2. The molecule has 200 valence electrons. The second-order valence-corrected chi connectivity index (χ2v) is 11.0. The lowest BCUT2D eigenvalue weighted by Crippen LogP contribution is -2.40. The van der Waals surface area contributed by atoms with E-state index in [0.29, 0.717) is 24.4 Å². The van der Waals surface area contributed by atoms with E-state index in [0.717, 1.165) is 17.5 Å². The molecule has 0 aliphatic carbocycles. The van der Waals surface area contributed by atoms with Gasteiger partial charge in [0.25, 0.3) is 5.91 Å². The quantitative estimate of drug-likeness (QED) is 0.288. The minimum atomic E-state index is -0.611. The first-order valence-electron chi connectivity index (χ1n) is 13.4. The molecule has 3 aromatic carbocycles. The molecule has 0 saturated carbocycles. The van der Waals surface area contributed by atoms with E-state index in [4.69, 9.17) is 4.74 Å². The molecule has 0 spiro atoms. The van der Waals surface area contributed by atoms with Gasteiger partial charge in [-0.1, -0.05) is 72.8 Å². The van der Waals surface area contributed by atoms with Crippen molar-refractivity contribution >= 4 is 34.2 Å². The highest BCUT2D eigenvalue weighted by atomic mass is 16.6. The van der Waals surface area contributed by atoms with Gasteiger partial charge in [-0.15, -0.1) is 0 Å². The van der Waals surface area contributed by atoms with Crippen LogP contribution in [0.15, 0.2) is 91.1 Å². The van der Waals surface area contributed by atoms with E-state index in [2.05, 4.69) is 36.0 Å². The summed E-state index contributed by atoms with van der Waals surface area (Å²) >= 11 is 0. The lowest BCUT2D eigenvalue weighted by Gasteiger charge is -2.32. The Bertz CT molecular complexity index is 1530. The summed E-state index contributed by atoms with van der Waals surface area (Å²) in [7, 11) is 2.05. The van der Waals surface area contributed by atoms with Crippen molar-refractivity contribution in [2.75, 3.05) is 18.0 Å². The summed E-state index contributed by atoms with van der Waals surface area (Å²) in [6.45, 7) is 6.89. The number of carbonyl (C=O) groups is 2. The van der Waals surface area contributed by atoms with Crippen LogP contribution in [-0.4, -0.2) is 40.2 Å². The summed E-state index contributed by atoms with van der Waals surface area (Å²) in [6, 6.07) is 26.0. The highest BCUT2D eigenvalue weighted by Crippen LogP contribution is 2.34. The van der Waals surface area contributed by atoms with Crippen molar-refractivity contribution in [2.24, 2.45) is 7.05 Å². The fourth-order valence-electron chi connectivity index (χ4n) is 5.13. The number of anilines is 1. The number of amides is 2. The summed E-state index contributed by atoms with van der Waals surface area (Å²) in [6.07, 6.45) is 4.32. The van der Waals surface area contributed by atoms with Gasteiger partial charge in [0.2, 0.25) is 0 Å². The van der Waals surface area contributed by atoms with Gasteiger partial charge in [0.05, 0.1) is 5.69 Å². The maximum atomic E-state index is 14.2. The average molecular weight is 522 g/mol. The van der Waals surface area contributed by atoms with Crippen LogP contribution in [-0.2, 0) is 29.5 Å². The summed E-state index contributed by atoms with van der Waals surface area (Å²) in [5, 5.41) is 1.21. The van der Waals surface area contributed by atoms with Crippen LogP contribution in [0.1, 0.15) is 37.5 Å². The fraction of sp³-hybridized carbons (Fsp3) is 0.273. The molecule has 1 aliphatic rings. The molecule has 5 rings (SSSR count). The Hall–Kier alpha value is -4.32. The Labute approximate surface area is 230 Å². The van der Waals surface area contributed by atoms with Crippen LogP contribution in [0.5, 0.6) is 0 Å². The Balaban J connectivity index is 1.44. The van der Waals surface area contributed by atoms with Gasteiger partial charge in [0, 0.05) is 54.9 Å². The molecule has 0 saturated heterocycles. The molecule has 0 N–H and O–H groups in total. The maximum absolute atomic E-state index is 14.2. The third kappa shape index (κ3) is 5.75. The molecule has 39 heavy (non-hydrogen) atoms. The normalized spacial score (nSPS) is 13.1. The van der Waals surface area contributed by atoms with Gasteiger partial charge in [0.15, 0.2) is 0 Å². The van der Waals surface area contributed by atoms with Crippen LogP contribution in [0.25, 0.3) is 16.5 Å². The van der Waals surface area contributed by atoms with E-state index in [9.17, 15) is 9.59 Å². The monoisotopic (exact) mass is 521 g/mol. The first kappa shape index (κ1) is 26.3. The van der Waals surface area contributed by atoms with Gasteiger partial charge in [-0.2, -0.15) is 0 Å². The number of para-hydroxylation sites is 2. The molecule has 1 aliphatic heterocycles. The van der Waals surface area contributed by atoms with Crippen LogP contribution in [0, 0.1) is 0 Å². The number of aromatic nitrogens is 1. The average Bonchev–Trinajstić information content (AvgIpc) is 3.25. The minimum Gasteiger partial charge on any atom is -0.443 e. The smallest absolute Gasteiger partial charge is 0.415 e. The number of aryl methyl sites for hydroxylation is 1. The largest absolute Gasteiger partial charge is 0.443 e. The molecule has 0 atom stereocenters. The van der Waals surface area contributed by atoms with Crippen molar-refractivity contribution in [3.05, 3.63) is 108 Å². The zero-order chi connectivity index (χ0) is 27.6. The van der Waals surface area contributed by atoms with Gasteiger partial charge in [-0.3, -0.25) is 9.69 Å². The topological polar surface area (TPSA) is 54.8 Å². The van der Waals surface area contributed by atoms with Gasteiger partial charge in [-0.25, -0.2) is 4.79 Å². The van der Waals surface area contributed by atoms with Crippen molar-refractivity contribution < 1.29 is 14.3 Å². The highest BCUT2D eigenvalue weighted by Gasteiger charge is 2.31. The molecule has 2 heterocycles. The lowest BCUT2D eigenvalue weighted by atomic mass is 9.97. The van der Waals surface area contributed by atoms with Crippen molar-refractivity contribution in [2.45, 2.75) is 39.3 Å². The first-order valence-corrected chi connectivity index (χ1v) is 13.4. The van der Waals surface area contributed by atoms with Crippen LogP contribution in [0.3, 0.4) is 0 Å². The molecule has 0 bridgehead atoms. The Morgan fingerprint density at radius 3 is 2.38 bits per heavy atom. The molecular weight excluding hydrogens is 486 g/mol. The van der Waals surface area contributed by atoms with E-state index < -0.39 is 11.7 Å².